The SMILES string of the molecule is Nc1nc(N(C(=O)C=NO)[C@@H]2C(=O)N3C(C(=O)O)=C(C(=C4CCNC4=O)C4CC4)CS[C@H]23)cs1. The van der Waals surface area contributed by atoms with Crippen LogP contribution in [0.2, 0.25) is 0 Å². The third-order valence-corrected chi connectivity index (χ3v) is 8.08. The number of carboxylic acid groups (broad SMARTS) is 1. The number of β-lactam (4-membered cyclic amide) rings is 1. The number of rotatable bonds is 6. The zero-order chi connectivity index (χ0) is 24.1. The number of carbonyl (C=O) groups is 4. The Morgan fingerprint density at radius 3 is 2.68 bits per heavy atom. The van der Waals surface area contributed by atoms with Gasteiger partial charge in [-0.25, -0.2) is 9.78 Å². The van der Waals surface area contributed by atoms with E-state index < -0.39 is 29.2 Å². The number of thiazole rings is 1. The van der Waals surface area contributed by atoms with Crippen LogP contribution in [0.15, 0.2) is 33.0 Å². The van der Waals surface area contributed by atoms with E-state index >= 15 is 0 Å². The van der Waals surface area contributed by atoms with E-state index in [4.69, 9.17) is 10.9 Å². The smallest absolute Gasteiger partial charge is 0.352 e. The number of allylic oxidation sites excluding steroid dienone is 1. The van der Waals surface area contributed by atoms with Crippen molar-refractivity contribution in [3.63, 3.8) is 0 Å². The number of aromatic nitrogens is 1. The molecule has 0 spiro atoms. The average molecular weight is 505 g/mol. The number of hydrogen-bond donors (Lipinski definition) is 4. The lowest BCUT2D eigenvalue weighted by atomic mass is 9.91. The number of anilines is 2. The lowest BCUT2D eigenvalue weighted by molar-refractivity contribution is -0.148. The molecule has 4 aliphatic rings. The standard InChI is InChI=1S/C20H20N6O6S2/c21-20-24-11(7-34-20)25(12(27)5-23-32)15-17(29)26-14(19(30)31)10(6-33-18(15)26)13(8-1-2-8)9-3-4-22-16(9)28/h5,7-8,15,18,32H,1-4,6H2,(H2,21,24)(H,22,28)(H,30,31)/t15-,18-/m1/s1. The summed E-state index contributed by atoms with van der Waals surface area (Å²) in [5, 5.41) is 25.5. The van der Waals surface area contributed by atoms with E-state index in [1.54, 1.807) is 0 Å². The first-order chi connectivity index (χ1) is 16.3. The summed E-state index contributed by atoms with van der Waals surface area (Å²) in [5.41, 5.74) is 7.36. The van der Waals surface area contributed by atoms with Gasteiger partial charge in [0, 0.05) is 23.3 Å². The van der Waals surface area contributed by atoms with Gasteiger partial charge in [0.15, 0.2) is 5.13 Å². The van der Waals surface area contributed by atoms with Crippen LogP contribution in [0, 0.1) is 5.92 Å². The lowest BCUT2D eigenvalue weighted by Gasteiger charge is -2.52. The fraction of sp³-hybridized carbons (Fsp3) is 0.400. The van der Waals surface area contributed by atoms with Gasteiger partial charge in [-0.2, -0.15) is 0 Å². The van der Waals surface area contributed by atoms with Gasteiger partial charge < -0.3 is 21.4 Å². The number of oxime groups is 1. The molecule has 178 valence electrons. The van der Waals surface area contributed by atoms with Crippen molar-refractivity contribution in [3.8, 4) is 0 Å². The molecule has 0 radical (unpaired) electrons. The van der Waals surface area contributed by atoms with Gasteiger partial charge >= 0.3 is 5.97 Å². The normalized spacial score (nSPS) is 25.8. The van der Waals surface area contributed by atoms with E-state index in [0.717, 1.165) is 34.7 Å². The second kappa shape index (κ2) is 8.43. The molecule has 2 atom stereocenters. The number of aliphatic carboxylic acids is 1. The van der Waals surface area contributed by atoms with E-state index in [2.05, 4.69) is 15.5 Å². The first-order valence-corrected chi connectivity index (χ1v) is 12.4. The van der Waals surface area contributed by atoms with Gasteiger partial charge in [-0.1, -0.05) is 5.16 Å². The number of nitrogens with two attached hydrogens (primary N) is 1. The molecular formula is C20H20N6O6S2. The van der Waals surface area contributed by atoms with Crippen LogP contribution >= 0.6 is 23.1 Å². The topological polar surface area (TPSA) is 179 Å². The molecule has 0 aromatic carbocycles. The van der Waals surface area contributed by atoms with E-state index in [1.807, 2.05) is 0 Å². The number of carbonyl (C=O) groups excluding carboxylic acids is 3. The van der Waals surface area contributed by atoms with Gasteiger partial charge in [0.2, 0.25) is 5.91 Å². The zero-order valence-corrected chi connectivity index (χ0v) is 19.3. The quantitative estimate of drug-likeness (QED) is 0.140. The minimum Gasteiger partial charge on any atom is -0.477 e. The number of nitrogens with zero attached hydrogens (tertiary/aromatic N) is 4. The van der Waals surface area contributed by atoms with Crippen molar-refractivity contribution in [1.29, 1.82) is 0 Å². The monoisotopic (exact) mass is 504 g/mol. The number of thioether (sulfide) groups is 1. The number of nitrogens with one attached hydrogen (secondary N) is 1. The predicted octanol–water partition coefficient (Wildman–Crippen LogP) is 0.367. The maximum atomic E-state index is 13.3. The molecular weight excluding hydrogens is 484 g/mol. The summed E-state index contributed by atoms with van der Waals surface area (Å²) in [6.07, 6.45) is 2.88. The number of fused-ring (bicyclic) bond motifs is 1. The highest BCUT2D eigenvalue weighted by atomic mass is 32.2. The van der Waals surface area contributed by atoms with Gasteiger partial charge in [-0.15, -0.1) is 23.1 Å². The highest BCUT2D eigenvalue weighted by Gasteiger charge is 2.58. The summed E-state index contributed by atoms with van der Waals surface area (Å²) in [7, 11) is 0. The molecule has 2 saturated heterocycles. The Hall–Kier alpha value is -3.39. The van der Waals surface area contributed by atoms with Crippen LogP contribution in [0.3, 0.4) is 0 Å². The van der Waals surface area contributed by atoms with Gasteiger partial charge in [0.25, 0.3) is 11.8 Å². The highest BCUT2D eigenvalue weighted by Crippen LogP contribution is 2.50. The van der Waals surface area contributed by atoms with Gasteiger partial charge in [-0.3, -0.25) is 24.2 Å². The van der Waals surface area contributed by atoms with Crippen LogP contribution in [-0.2, 0) is 19.2 Å². The molecule has 1 aromatic heterocycles. The van der Waals surface area contributed by atoms with Gasteiger partial charge in [-0.05, 0) is 36.3 Å². The van der Waals surface area contributed by atoms with Crippen LogP contribution in [0.4, 0.5) is 10.9 Å². The molecule has 34 heavy (non-hydrogen) atoms. The summed E-state index contributed by atoms with van der Waals surface area (Å²) in [4.78, 5) is 57.1. The Balaban J connectivity index is 1.55. The number of nitrogen functional groups attached to an aromatic ring is 1. The lowest BCUT2D eigenvalue weighted by Crippen LogP contribution is -2.72. The second-order valence-corrected chi connectivity index (χ2v) is 10.2. The van der Waals surface area contributed by atoms with Crippen molar-refractivity contribution in [2.45, 2.75) is 30.7 Å². The Morgan fingerprint density at radius 2 is 2.12 bits per heavy atom. The largest absolute Gasteiger partial charge is 0.477 e. The van der Waals surface area contributed by atoms with Crippen molar-refractivity contribution in [1.82, 2.24) is 15.2 Å². The van der Waals surface area contributed by atoms with Gasteiger partial charge in [0.1, 0.15) is 29.1 Å². The summed E-state index contributed by atoms with van der Waals surface area (Å²) in [6, 6.07) is -1.06. The molecule has 1 saturated carbocycles. The molecule has 0 bridgehead atoms. The Labute approximate surface area is 201 Å². The number of hydrogen-bond acceptors (Lipinski definition) is 10. The minimum absolute atomic E-state index is 0.101. The minimum atomic E-state index is -1.27. The zero-order valence-electron chi connectivity index (χ0n) is 17.6. The molecule has 5 rings (SSSR count). The fourth-order valence-corrected chi connectivity index (χ4v) is 6.58. The van der Waals surface area contributed by atoms with Crippen molar-refractivity contribution in [2.24, 2.45) is 11.1 Å². The van der Waals surface area contributed by atoms with Crippen molar-refractivity contribution >= 4 is 64.0 Å². The molecule has 1 aromatic rings. The molecule has 4 heterocycles. The Bertz CT molecular complexity index is 1200. The molecule has 1 aliphatic carbocycles. The maximum Gasteiger partial charge on any atom is 0.352 e. The van der Waals surface area contributed by atoms with E-state index in [9.17, 15) is 24.3 Å². The van der Waals surface area contributed by atoms with Crippen LogP contribution in [0.1, 0.15) is 19.3 Å². The number of amides is 3. The average Bonchev–Trinajstić information content (AvgIpc) is 3.41. The summed E-state index contributed by atoms with van der Waals surface area (Å²) in [5.74, 6) is -2.37. The molecule has 12 nitrogen and oxygen atoms in total. The third-order valence-electron chi connectivity index (χ3n) is 6.15. The predicted molar refractivity (Wildman–Crippen MR) is 123 cm³/mol. The van der Waals surface area contributed by atoms with E-state index in [1.165, 1.54) is 22.0 Å². The van der Waals surface area contributed by atoms with E-state index in [0.29, 0.717) is 30.3 Å². The van der Waals surface area contributed by atoms with Crippen molar-refractivity contribution in [2.75, 3.05) is 22.9 Å². The number of carboxylic acids is 1. The summed E-state index contributed by atoms with van der Waals surface area (Å²) in [6.45, 7) is 0.501. The molecule has 5 N–H and O–H groups in total. The molecule has 3 amide bonds. The van der Waals surface area contributed by atoms with Crippen molar-refractivity contribution in [3.05, 3.63) is 27.8 Å². The molecule has 3 fully saturated rings. The van der Waals surface area contributed by atoms with E-state index in [-0.39, 0.29) is 34.2 Å². The summed E-state index contributed by atoms with van der Waals surface area (Å²) < 4.78 is 0. The Kier molecular flexibility index (Phi) is 5.56. The highest BCUT2D eigenvalue weighted by molar-refractivity contribution is 8.00. The van der Waals surface area contributed by atoms with Crippen LogP contribution in [-0.4, -0.2) is 73.8 Å². The van der Waals surface area contributed by atoms with Crippen LogP contribution in [0.25, 0.3) is 0 Å². The maximum absolute atomic E-state index is 13.3. The molecule has 3 aliphatic heterocycles. The first-order valence-electron chi connectivity index (χ1n) is 10.5. The second-order valence-electron chi connectivity index (χ2n) is 8.16. The van der Waals surface area contributed by atoms with Crippen molar-refractivity contribution < 1.29 is 29.5 Å². The Morgan fingerprint density at radius 1 is 1.35 bits per heavy atom. The molecule has 0 unspecified atom stereocenters. The summed E-state index contributed by atoms with van der Waals surface area (Å²) >= 11 is 2.39. The first kappa shape index (κ1) is 22.4. The molecule has 14 heteroatoms. The van der Waals surface area contributed by atoms with Crippen LogP contribution < -0.4 is 16.0 Å². The third kappa shape index (κ3) is 3.53. The fourth-order valence-electron chi connectivity index (χ4n) is 4.63. The van der Waals surface area contributed by atoms with Gasteiger partial charge in [0.05, 0.1) is 0 Å². The van der Waals surface area contributed by atoms with Crippen LogP contribution in [0.5, 0.6) is 0 Å².